The van der Waals surface area contributed by atoms with Crippen molar-refractivity contribution in [1.82, 2.24) is 0 Å². The van der Waals surface area contributed by atoms with Crippen molar-refractivity contribution in [3.8, 4) is 11.5 Å². The fourth-order valence-electron chi connectivity index (χ4n) is 1.02. The zero-order chi connectivity index (χ0) is 10.6. The highest BCUT2D eigenvalue weighted by Crippen LogP contribution is 2.25. The third-order valence-electron chi connectivity index (χ3n) is 1.86. The van der Waals surface area contributed by atoms with Crippen LogP contribution in [0.1, 0.15) is 12.0 Å². The molecule has 14 heavy (non-hydrogen) atoms. The van der Waals surface area contributed by atoms with Crippen LogP contribution in [-0.4, -0.2) is 17.6 Å². The number of carbonyl (C=O) groups excluding carboxylic acids is 1. The van der Waals surface area contributed by atoms with Crippen molar-refractivity contribution in [2.45, 2.75) is 13.3 Å². The van der Waals surface area contributed by atoms with E-state index in [0.29, 0.717) is 11.3 Å². The summed E-state index contributed by atoms with van der Waals surface area (Å²) < 4.78 is 5.27. The molecule has 0 heterocycles. The minimum atomic E-state index is -0.400. The van der Waals surface area contributed by atoms with Crippen LogP contribution in [0.25, 0.3) is 0 Å². The molecule has 4 heteroatoms. The van der Waals surface area contributed by atoms with Crippen molar-refractivity contribution in [3.05, 3.63) is 23.8 Å². The topological polar surface area (TPSA) is 72.6 Å². The Hall–Kier alpha value is -1.71. The van der Waals surface area contributed by atoms with Gasteiger partial charge in [0.05, 0.1) is 13.0 Å². The Morgan fingerprint density at radius 2 is 2.29 bits per heavy atom. The van der Waals surface area contributed by atoms with Crippen molar-refractivity contribution in [2.24, 2.45) is 5.73 Å². The maximum absolute atomic E-state index is 10.4. The van der Waals surface area contributed by atoms with Gasteiger partial charge in [-0.3, -0.25) is 4.79 Å². The smallest absolute Gasteiger partial charge is 0.220 e. The van der Waals surface area contributed by atoms with Crippen molar-refractivity contribution in [3.63, 3.8) is 0 Å². The van der Waals surface area contributed by atoms with E-state index in [9.17, 15) is 9.90 Å². The molecule has 0 saturated heterocycles. The molecule has 0 atom stereocenters. The molecule has 76 valence electrons. The summed E-state index contributed by atoms with van der Waals surface area (Å²) in [7, 11) is 0. The van der Waals surface area contributed by atoms with Crippen LogP contribution in [0.15, 0.2) is 18.2 Å². The Bertz CT molecular complexity index is 336. The molecule has 0 radical (unpaired) electrons. The van der Waals surface area contributed by atoms with E-state index in [1.54, 1.807) is 25.1 Å². The van der Waals surface area contributed by atoms with E-state index in [2.05, 4.69) is 0 Å². The minimum absolute atomic E-state index is 0.176. The van der Waals surface area contributed by atoms with Crippen molar-refractivity contribution in [1.29, 1.82) is 0 Å². The van der Waals surface area contributed by atoms with Gasteiger partial charge in [-0.1, -0.05) is 6.07 Å². The van der Waals surface area contributed by atoms with Crippen LogP contribution in [0, 0.1) is 6.92 Å². The molecule has 0 saturated carbocycles. The van der Waals surface area contributed by atoms with E-state index < -0.39 is 5.91 Å². The van der Waals surface area contributed by atoms with Crippen LogP contribution in [0.3, 0.4) is 0 Å². The molecule has 1 amide bonds. The summed E-state index contributed by atoms with van der Waals surface area (Å²) in [6, 6.07) is 4.99. The molecule has 0 spiro atoms. The molecule has 4 nitrogen and oxygen atoms in total. The predicted molar refractivity (Wildman–Crippen MR) is 52.2 cm³/mol. The number of hydrogen-bond acceptors (Lipinski definition) is 3. The van der Waals surface area contributed by atoms with E-state index in [1.165, 1.54) is 0 Å². The number of nitrogens with two attached hydrogens (primary N) is 1. The Labute approximate surface area is 82.3 Å². The lowest BCUT2D eigenvalue weighted by Crippen LogP contribution is -2.14. The van der Waals surface area contributed by atoms with Gasteiger partial charge in [-0.05, 0) is 19.1 Å². The fraction of sp³-hybridized carbons (Fsp3) is 0.300. The Morgan fingerprint density at radius 1 is 1.57 bits per heavy atom. The number of phenols is 1. The molecule has 3 N–H and O–H groups in total. The lowest BCUT2D eigenvalue weighted by molar-refractivity contribution is -0.118. The number of ether oxygens (including phenoxy) is 1. The summed E-state index contributed by atoms with van der Waals surface area (Å²) >= 11 is 0. The highest BCUT2D eigenvalue weighted by atomic mass is 16.5. The van der Waals surface area contributed by atoms with Gasteiger partial charge in [-0.15, -0.1) is 0 Å². The highest BCUT2D eigenvalue weighted by molar-refractivity contribution is 5.73. The van der Waals surface area contributed by atoms with E-state index in [1.807, 2.05) is 0 Å². The van der Waals surface area contributed by atoms with Crippen LogP contribution in [-0.2, 0) is 4.79 Å². The van der Waals surface area contributed by atoms with Crippen LogP contribution < -0.4 is 10.5 Å². The van der Waals surface area contributed by atoms with E-state index in [-0.39, 0.29) is 18.8 Å². The molecule has 0 aliphatic heterocycles. The molecule has 0 fully saturated rings. The molecule has 0 bridgehead atoms. The van der Waals surface area contributed by atoms with Gasteiger partial charge in [0, 0.05) is 5.56 Å². The number of benzene rings is 1. The van der Waals surface area contributed by atoms with Gasteiger partial charge >= 0.3 is 0 Å². The molecular formula is C10H13NO3. The number of primary amides is 1. The maximum Gasteiger partial charge on any atom is 0.220 e. The number of rotatable bonds is 4. The molecular weight excluding hydrogens is 182 g/mol. The summed E-state index contributed by atoms with van der Waals surface area (Å²) in [5, 5.41) is 9.34. The van der Waals surface area contributed by atoms with Crippen LogP contribution in [0.5, 0.6) is 11.5 Å². The first-order valence-corrected chi connectivity index (χ1v) is 4.31. The van der Waals surface area contributed by atoms with Crippen molar-refractivity contribution < 1.29 is 14.6 Å². The molecule has 0 unspecified atom stereocenters. The summed E-state index contributed by atoms with van der Waals surface area (Å²) in [6.07, 6.45) is 0.176. The standard InChI is InChI=1S/C10H13NO3/c1-7-8(12)3-2-4-9(7)14-6-5-10(11)13/h2-4,12H,5-6H2,1H3,(H2,11,13). The summed E-state index contributed by atoms with van der Waals surface area (Å²) in [6.45, 7) is 1.98. The molecule has 0 aromatic heterocycles. The van der Waals surface area contributed by atoms with Crippen LogP contribution in [0.4, 0.5) is 0 Å². The number of carbonyl (C=O) groups is 1. The third-order valence-corrected chi connectivity index (χ3v) is 1.86. The average molecular weight is 195 g/mol. The zero-order valence-electron chi connectivity index (χ0n) is 7.99. The Balaban J connectivity index is 2.59. The number of phenolic OH excluding ortho intramolecular Hbond substituents is 1. The second-order valence-corrected chi connectivity index (χ2v) is 2.97. The first-order valence-electron chi connectivity index (χ1n) is 4.31. The average Bonchev–Trinajstić information content (AvgIpc) is 2.12. The Kier molecular flexibility index (Phi) is 3.34. The van der Waals surface area contributed by atoms with Gasteiger partial charge in [-0.2, -0.15) is 0 Å². The van der Waals surface area contributed by atoms with Crippen LogP contribution >= 0.6 is 0 Å². The van der Waals surface area contributed by atoms with Gasteiger partial charge in [-0.25, -0.2) is 0 Å². The third kappa shape index (κ3) is 2.65. The fourth-order valence-corrected chi connectivity index (χ4v) is 1.02. The lowest BCUT2D eigenvalue weighted by Gasteiger charge is -2.08. The summed E-state index contributed by atoms with van der Waals surface area (Å²) in [5.74, 6) is 0.357. The van der Waals surface area contributed by atoms with Crippen molar-refractivity contribution >= 4 is 5.91 Å². The minimum Gasteiger partial charge on any atom is -0.508 e. The first-order chi connectivity index (χ1) is 6.61. The summed E-state index contributed by atoms with van der Waals surface area (Å²) in [4.78, 5) is 10.4. The van der Waals surface area contributed by atoms with Crippen molar-refractivity contribution in [2.75, 3.05) is 6.61 Å². The molecule has 1 aromatic carbocycles. The number of aromatic hydroxyl groups is 1. The van der Waals surface area contributed by atoms with Gasteiger partial charge in [0.15, 0.2) is 0 Å². The second kappa shape index (κ2) is 4.50. The SMILES string of the molecule is Cc1c(O)cccc1OCCC(N)=O. The zero-order valence-corrected chi connectivity index (χ0v) is 7.99. The maximum atomic E-state index is 10.4. The van der Waals surface area contributed by atoms with Gasteiger partial charge in [0.25, 0.3) is 0 Å². The largest absolute Gasteiger partial charge is 0.508 e. The Morgan fingerprint density at radius 3 is 2.93 bits per heavy atom. The summed E-state index contributed by atoms with van der Waals surface area (Å²) in [5.41, 5.74) is 5.62. The van der Waals surface area contributed by atoms with E-state index >= 15 is 0 Å². The molecule has 1 aromatic rings. The van der Waals surface area contributed by atoms with Gasteiger partial charge < -0.3 is 15.6 Å². The lowest BCUT2D eigenvalue weighted by atomic mass is 10.2. The molecule has 0 aliphatic rings. The normalized spacial score (nSPS) is 9.79. The first kappa shape index (κ1) is 10.4. The number of amides is 1. The number of hydrogen-bond donors (Lipinski definition) is 2. The quantitative estimate of drug-likeness (QED) is 0.751. The van der Waals surface area contributed by atoms with E-state index in [0.717, 1.165) is 0 Å². The van der Waals surface area contributed by atoms with E-state index in [4.69, 9.17) is 10.5 Å². The van der Waals surface area contributed by atoms with Gasteiger partial charge in [0.1, 0.15) is 11.5 Å². The van der Waals surface area contributed by atoms with Crippen LogP contribution in [0.2, 0.25) is 0 Å². The molecule has 0 aliphatic carbocycles. The highest BCUT2D eigenvalue weighted by Gasteiger charge is 2.03. The predicted octanol–water partition coefficient (Wildman–Crippen LogP) is 0.955. The molecule has 1 rings (SSSR count). The van der Waals surface area contributed by atoms with Gasteiger partial charge in [0.2, 0.25) is 5.91 Å². The monoisotopic (exact) mass is 195 g/mol. The second-order valence-electron chi connectivity index (χ2n) is 2.97.